The number of benzene rings is 1. The van der Waals surface area contributed by atoms with Gasteiger partial charge in [0.25, 0.3) is 0 Å². The molecule has 0 radical (unpaired) electrons. The van der Waals surface area contributed by atoms with Gasteiger partial charge in [0.05, 0.1) is 0 Å². The lowest BCUT2D eigenvalue weighted by atomic mass is 9.90. The average molecular weight is 260 g/mol. The smallest absolute Gasteiger partial charge is 0.118 e. The van der Waals surface area contributed by atoms with E-state index in [2.05, 4.69) is 22.3 Å². The summed E-state index contributed by atoms with van der Waals surface area (Å²) in [5, 5.41) is 13.5. The molecule has 2 saturated heterocycles. The van der Waals surface area contributed by atoms with Crippen LogP contribution < -0.4 is 10.2 Å². The van der Waals surface area contributed by atoms with Gasteiger partial charge in [0.15, 0.2) is 0 Å². The summed E-state index contributed by atoms with van der Waals surface area (Å²) in [7, 11) is 0. The van der Waals surface area contributed by atoms with Crippen LogP contribution in [-0.4, -0.2) is 31.3 Å². The lowest BCUT2D eigenvalue weighted by Crippen LogP contribution is -2.28. The van der Waals surface area contributed by atoms with Crippen molar-refractivity contribution >= 4 is 5.69 Å². The molecule has 2 N–H and O–H groups in total. The van der Waals surface area contributed by atoms with Gasteiger partial charge in [-0.2, -0.15) is 0 Å². The molecule has 0 unspecified atom stereocenters. The van der Waals surface area contributed by atoms with Crippen LogP contribution in [0.1, 0.15) is 31.2 Å². The Hall–Kier alpha value is -1.22. The van der Waals surface area contributed by atoms with E-state index in [0.29, 0.717) is 5.75 Å². The van der Waals surface area contributed by atoms with E-state index in [1.54, 1.807) is 0 Å². The van der Waals surface area contributed by atoms with Crippen molar-refractivity contribution in [2.75, 3.05) is 31.1 Å². The molecular formula is C16H24N2O. The van der Waals surface area contributed by atoms with E-state index in [0.717, 1.165) is 44.1 Å². The maximum atomic E-state index is 10.1. The monoisotopic (exact) mass is 260 g/mol. The summed E-state index contributed by atoms with van der Waals surface area (Å²) >= 11 is 0. The molecule has 0 saturated carbocycles. The zero-order chi connectivity index (χ0) is 13.1. The molecule has 104 valence electrons. The number of phenols is 1. The van der Waals surface area contributed by atoms with Gasteiger partial charge in [-0.15, -0.1) is 0 Å². The maximum Gasteiger partial charge on any atom is 0.118 e. The number of hydrogen-bond donors (Lipinski definition) is 2. The van der Waals surface area contributed by atoms with Crippen molar-refractivity contribution in [2.45, 2.75) is 32.1 Å². The highest BCUT2D eigenvalue weighted by Gasteiger charge is 2.18. The molecular weight excluding hydrogens is 236 g/mol. The van der Waals surface area contributed by atoms with E-state index in [-0.39, 0.29) is 0 Å². The van der Waals surface area contributed by atoms with Crippen LogP contribution in [0.3, 0.4) is 0 Å². The standard InChI is InChI=1S/C16H24N2O/c19-16-4-3-15(18-9-1-2-10-18)12-14(16)11-13-5-7-17-8-6-13/h3-4,12-13,17,19H,1-2,5-11H2. The third-order valence-electron chi connectivity index (χ3n) is 4.50. The first-order chi connectivity index (χ1) is 9.33. The van der Waals surface area contributed by atoms with Gasteiger partial charge in [-0.3, -0.25) is 0 Å². The zero-order valence-corrected chi connectivity index (χ0v) is 11.6. The van der Waals surface area contributed by atoms with Gasteiger partial charge in [-0.1, -0.05) is 0 Å². The number of aromatic hydroxyl groups is 1. The summed E-state index contributed by atoms with van der Waals surface area (Å²) in [6.45, 7) is 4.57. The molecule has 1 aromatic rings. The van der Waals surface area contributed by atoms with Crippen molar-refractivity contribution in [2.24, 2.45) is 5.92 Å². The van der Waals surface area contributed by atoms with Crippen LogP contribution in [0, 0.1) is 5.92 Å². The lowest BCUT2D eigenvalue weighted by Gasteiger charge is -2.24. The summed E-state index contributed by atoms with van der Waals surface area (Å²) in [6, 6.07) is 6.15. The summed E-state index contributed by atoms with van der Waals surface area (Å²) in [5.41, 5.74) is 2.43. The van der Waals surface area contributed by atoms with Crippen molar-refractivity contribution in [3.8, 4) is 5.75 Å². The van der Waals surface area contributed by atoms with Gasteiger partial charge in [0.1, 0.15) is 5.75 Å². The van der Waals surface area contributed by atoms with E-state index in [9.17, 15) is 5.11 Å². The SMILES string of the molecule is Oc1ccc(N2CCCC2)cc1CC1CCNCC1. The fourth-order valence-corrected chi connectivity index (χ4v) is 3.30. The van der Waals surface area contributed by atoms with Crippen molar-refractivity contribution in [1.82, 2.24) is 5.32 Å². The van der Waals surface area contributed by atoms with Crippen molar-refractivity contribution in [3.05, 3.63) is 23.8 Å². The first-order valence-electron chi connectivity index (χ1n) is 7.60. The fourth-order valence-electron chi connectivity index (χ4n) is 3.30. The minimum Gasteiger partial charge on any atom is -0.508 e. The number of anilines is 1. The molecule has 1 aromatic carbocycles. The Morgan fingerprint density at radius 1 is 1.16 bits per heavy atom. The van der Waals surface area contributed by atoms with Gasteiger partial charge in [-0.05, 0) is 74.9 Å². The highest BCUT2D eigenvalue weighted by Crippen LogP contribution is 2.30. The Bertz CT molecular complexity index is 421. The minimum absolute atomic E-state index is 0.474. The third-order valence-corrected chi connectivity index (χ3v) is 4.50. The second kappa shape index (κ2) is 5.83. The Balaban J connectivity index is 1.73. The molecule has 19 heavy (non-hydrogen) atoms. The second-order valence-corrected chi connectivity index (χ2v) is 5.90. The van der Waals surface area contributed by atoms with Crippen LogP contribution in [-0.2, 0) is 6.42 Å². The summed E-state index contributed by atoms with van der Waals surface area (Å²) in [4.78, 5) is 2.44. The van der Waals surface area contributed by atoms with Crippen molar-refractivity contribution < 1.29 is 5.11 Å². The van der Waals surface area contributed by atoms with Crippen LogP contribution in [0.2, 0.25) is 0 Å². The van der Waals surface area contributed by atoms with Gasteiger partial charge < -0.3 is 15.3 Å². The topological polar surface area (TPSA) is 35.5 Å². The normalized spacial score (nSPS) is 20.9. The molecule has 2 heterocycles. The zero-order valence-electron chi connectivity index (χ0n) is 11.6. The highest BCUT2D eigenvalue weighted by molar-refractivity contribution is 5.53. The first kappa shape index (κ1) is 12.8. The molecule has 2 aliphatic rings. The molecule has 0 spiro atoms. The Kier molecular flexibility index (Phi) is 3.92. The molecule has 0 bridgehead atoms. The largest absolute Gasteiger partial charge is 0.508 e. The molecule has 3 heteroatoms. The number of nitrogens with one attached hydrogen (secondary N) is 1. The lowest BCUT2D eigenvalue weighted by molar-refractivity contribution is 0.366. The first-order valence-corrected chi connectivity index (χ1v) is 7.60. The van der Waals surface area contributed by atoms with Gasteiger partial charge >= 0.3 is 0 Å². The van der Waals surface area contributed by atoms with E-state index >= 15 is 0 Å². The van der Waals surface area contributed by atoms with E-state index in [1.807, 2.05) is 6.07 Å². The molecule has 2 aliphatic heterocycles. The van der Waals surface area contributed by atoms with Crippen LogP contribution in [0.25, 0.3) is 0 Å². The van der Waals surface area contributed by atoms with Gasteiger partial charge in [0.2, 0.25) is 0 Å². The molecule has 3 rings (SSSR count). The van der Waals surface area contributed by atoms with Gasteiger partial charge in [-0.25, -0.2) is 0 Å². The third kappa shape index (κ3) is 3.03. The predicted octanol–water partition coefficient (Wildman–Crippen LogP) is 2.53. The predicted molar refractivity (Wildman–Crippen MR) is 78.9 cm³/mol. The quantitative estimate of drug-likeness (QED) is 0.876. The highest BCUT2D eigenvalue weighted by atomic mass is 16.3. The molecule has 0 aromatic heterocycles. The van der Waals surface area contributed by atoms with Crippen LogP contribution in [0.4, 0.5) is 5.69 Å². The van der Waals surface area contributed by atoms with Crippen LogP contribution >= 0.6 is 0 Å². The van der Waals surface area contributed by atoms with E-state index < -0.39 is 0 Å². The summed E-state index contributed by atoms with van der Waals surface area (Å²) < 4.78 is 0. The Labute approximate surface area is 115 Å². The Morgan fingerprint density at radius 2 is 1.89 bits per heavy atom. The van der Waals surface area contributed by atoms with Crippen molar-refractivity contribution in [3.63, 3.8) is 0 Å². The number of hydrogen-bond acceptors (Lipinski definition) is 3. The second-order valence-electron chi connectivity index (χ2n) is 5.90. The molecule has 0 amide bonds. The summed E-state index contributed by atoms with van der Waals surface area (Å²) in [5.74, 6) is 1.20. The number of rotatable bonds is 3. The van der Waals surface area contributed by atoms with E-state index in [4.69, 9.17) is 0 Å². The molecule has 0 aliphatic carbocycles. The molecule has 3 nitrogen and oxygen atoms in total. The van der Waals surface area contributed by atoms with Crippen molar-refractivity contribution in [1.29, 1.82) is 0 Å². The Morgan fingerprint density at radius 3 is 2.63 bits per heavy atom. The van der Waals surface area contributed by atoms with E-state index in [1.165, 1.54) is 31.4 Å². The van der Waals surface area contributed by atoms with Gasteiger partial charge in [0, 0.05) is 18.8 Å². The number of piperidine rings is 1. The van der Waals surface area contributed by atoms with Crippen LogP contribution in [0.5, 0.6) is 5.75 Å². The number of phenolic OH excluding ortho intramolecular Hbond substituents is 1. The van der Waals surface area contributed by atoms with Crippen LogP contribution in [0.15, 0.2) is 18.2 Å². The molecule has 0 atom stereocenters. The number of nitrogens with zero attached hydrogens (tertiary/aromatic N) is 1. The summed E-state index contributed by atoms with van der Waals surface area (Å²) in [6.07, 6.45) is 6.07. The fraction of sp³-hybridized carbons (Fsp3) is 0.625. The maximum absolute atomic E-state index is 10.1. The molecule has 2 fully saturated rings. The average Bonchev–Trinajstić information content (AvgIpc) is 2.96. The minimum atomic E-state index is 0.474.